The highest BCUT2D eigenvalue weighted by Crippen LogP contribution is 2.32. The van der Waals surface area contributed by atoms with Gasteiger partial charge in [-0.1, -0.05) is 6.07 Å². The van der Waals surface area contributed by atoms with Gasteiger partial charge in [0.15, 0.2) is 17.5 Å². The summed E-state index contributed by atoms with van der Waals surface area (Å²) >= 11 is 0. The molecule has 3 rings (SSSR count). The lowest BCUT2D eigenvalue weighted by atomic mass is 10.2. The molecule has 0 saturated carbocycles. The molecule has 0 spiro atoms. The number of fused-ring (bicyclic) bond motifs is 1. The molecule has 0 bridgehead atoms. The zero-order valence-electron chi connectivity index (χ0n) is 12.9. The first-order valence-electron chi connectivity index (χ1n) is 7.20. The maximum Gasteiger partial charge on any atom is 0.231 e. The predicted octanol–water partition coefficient (Wildman–Crippen LogP) is 2.53. The normalized spacial score (nSPS) is 12.7. The lowest BCUT2D eigenvalue weighted by Crippen LogP contribution is -2.37. The Hall–Kier alpha value is -1.90. The van der Waals surface area contributed by atoms with Crippen LogP contribution in [0.3, 0.4) is 0 Å². The Morgan fingerprint density at radius 2 is 2.04 bits per heavy atom. The van der Waals surface area contributed by atoms with Gasteiger partial charge in [-0.05, 0) is 29.8 Å². The minimum Gasteiger partial charge on any atom is -0.469 e. The van der Waals surface area contributed by atoms with Crippen molar-refractivity contribution in [2.24, 2.45) is 4.99 Å². The first-order valence-corrected chi connectivity index (χ1v) is 7.20. The number of hydrogen-bond acceptors (Lipinski definition) is 4. The van der Waals surface area contributed by atoms with Crippen LogP contribution in [-0.2, 0) is 13.0 Å². The third-order valence-electron chi connectivity index (χ3n) is 3.36. The summed E-state index contributed by atoms with van der Waals surface area (Å²) in [7, 11) is 1.75. The molecule has 23 heavy (non-hydrogen) atoms. The van der Waals surface area contributed by atoms with E-state index in [0.717, 1.165) is 41.7 Å². The van der Waals surface area contributed by atoms with Crippen LogP contribution in [0.2, 0.25) is 0 Å². The van der Waals surface area contributed by atoms with Gasteiger partial charge in [-0.15, -0.1) is 24.0 Å². The molecule has 0 saturated heterocycles. The van der Waals surface area contributed by atoms with Gasteiger partial charge in [0.05, 0.1) is 6.26 Å². The van der Waals surface area contributed by atoms with Crippen molar-refractivity contribution in [3.8, 4) is 11.5 Å². The highest BCUT2D eigenvalue weighted by atomic mass is 127. The quantitative estimate of drug-likeness (QED) is 0.435. The smallest absolute Gasteiger partial charge is 0.231 e. The van der Waals surface area contributed by atoms with Crippen molar-refractivity contribution in [2.75, 3.05) is 20.4 Å². The van der Waals surface area contributed by atoms with E-state index in [1.807, 2.05) is 30.3 Å². The van der Waals surface area contributed by atoms with Crippen molar-refractivity contribution in [1.82, 2.24) is 10.6 Å². The fourth-order valence-electron chi connectivity index (χ4n) is 2.22. The van der Waals surface area contributed by atoms with Crippen LogP contribution >= 0.6 is 24.0 Å². The van der Waals surface area contributed by atoms with Gasteiger partial charge < -0.3 is 24.5 Å². The van der Waals surface area contributed by atoms with E-state index >= 15 is 0 Å². The lowest BCUT2D eigenvalue weighted by molar-refractivity contribution is 0.174. The summed E-state index contributed by atoms with van der Waals surface area (Å²) < 4.78 is 16.0. The van der Waals surface area contributed by atoms with Crippen molar-refractivity contribution in [3.05, 3.63) is 47.9 Å². The van der Waals surface area contributed by atoms with Gasteiger partial charge in [0.2, 0.25) is 6.79 Å². The Balaban J connectivity index is 0.00000192. The number of nitrogens with zero attached hydrogens (tertiary/aromatic N) is 1. The largest absolute Gasteiger partial charge is 0.469 e. The number of benzene rings is 1. The van der Waals surface area contributed by atoms with E-state index in [1.165, 1.54) is 0 Å². The fraction of sp³-hybridized carbons (Fsp3) is 0.312. The van der Waals surface area contributed by atoms with Crippen molar-refractivity contribution in [3.63, 3.8) is 0 Å². The molecule has 6 nitrogen and oxygen atoms in total. The Bertz CT molecular complexity index is 644. The molecule has 2 heterocycles. The van der Waals surface area contributed by atoms with E-state index in [1.54, 1.807) is 13.3 Å². The van der Waals surface area contributed by atoms with E-state index in [9.17, 15) is 0 Å². The Kier molecular flexibility index (Phi) is 6.57. The van der Waals surface area contributed by atoms with Crippen molar-refractivity contribution < 1.29 is 13.9 Å². The number of nitrogens with one attached hydrogen (secondary N) is 2. The molecular weight excluding hydrogens is 409 g/mol. The van der Waals surface area contributed by atoms with Gasteiger partial charge >= 0.3 is 0 Å². The Morgan fingerprint density at radius 3 is 2.83 bits per heavy atom. The van der Waals surface area contributed by atoms with Gasteiger partial charge in [0, 0.05) is 26.6 Å². The predicted molar refractivity (Wildman–Crippen MR) is 98.6 cm³/mol. The summed E-state index contributed by atoms with van der Waals surface area (Å²) in [5, 5.41) is 6.52. The molecule has 0 aliphatic carbocycles. The SMILES string of the molecule is CN=C(NCCc1ccco1)NCc1ccc2c(c1)OCO2.I. The monoisotopic (exact) mass is 429 g/mol. The summed E-state index contributed by atoms with van der Waals surface area (Å²) in [6, 6.07) is 9.76. The van der Waals surface area contributed by atoms with Crippen LogP contribution in [-0.4, -0.2) is 26.3 Å². The molecule has 0 amide bonds. The van der Waals surface area contributed by atoms with Crippen LogP contribution in [0.4, 0.5) is 0 Å². The maximum atomic E-state index is 5.37. The van der Waals surface area contributed by atoms with E-state index < -0.39 is 0 Å². The molecule has 124 valence electrons. The number of halogens is 1. The fourth-order valence-corrected chi connectivity index (χ4v) is 2.22. The third-order valence-corrected chi connectivity index (χ3v) is 3.36. The standard InChI is InChI=1S/C16H19N3O3.HI/c1-17-16(18-7-6-13-3-2-8-20-13)19-10-12-4-5-14-15(9-12)22-11-21-14;/h2-5,8-9H,6-7,10-11H2,1H3,(H2,17,18,19);1H. The van der Waals surface area contributed by atoms with Crippen LogP contribution < -0.4 is 20.1 Å². The molecule has 0 radical (unpaired) electrons. The number of hydrogen-bond donors (Lipinski definition) is 2. The summed E-state index contributed by atoms with van der Waals surface area (Å²) in [5.41, 5.74) is 1.11. The zero-order valence-corrected chi connectivity index (χ0v) is 15.2. The van der Waals surface area contributed by atoms with Crippen LogP contribution in [0.25, 0.3) is 0 Å². The van der Waals surface area contributed by atoms with E-state index in [2.05, 4.69) is 15.6 Å². The van der Waals surface area contributed by atoms with Gasteiger partial charge in [-0.2, -0.15) is 0 Å². The van der Waals surface area contributed by atoms with Crippen LogP contribution in [0.1, 0.15) is 11.3 Å². The average molecular weight is 429 g/mol. The highest BCUT2D eigenvalue weighted by molar-refractivity contribution is 14.0. The number of ether oxygens (including phenoxy) is 2. The molecule has 1 aliphatic rings. The summed E-state index contributed by atoms with van der Waals surface area (Å²) in [6.07, 6.45) is 2.50. The van der Waals surface area contributed by atoms with E-state index in [0.29, 0.717) is 13.3 Å². The highest BCUT2D eigenvalue weighted by Gasteiger charge is 2.13. The topological polar surface area (TPSA) is 68.0 Å². The van der Waals surface area contributed by atoms with Gasteiger partial charge in [0.25, 0.3) is 0 Å². The van der Waals surface area contributed by atoms with Crippen molar-refractivity contribution in [2.45, 2.75) is 13.0 Å². The summed E-state index contributed by atoms with van der Waals surface area (Å²) in [6.45, 7) is 1.72. The molecule has 7 heteroatoms. The second-order valence-corrected chi connectivity index (χ2v) is 4.87. The molecule has 1 aromatic heterocycles. The maximum absolute atomic E-state index is 5.37. The van der Waals surface area contributed by atoms with Crippen molar-refractivity contribution in [1.29, 1.82) is 0 Å². The lowest BCUT2D eigenvalue weighted by Gasteiger charge is -2.11. The second kappa shape index (κ2) is 8.66. The minimum atomic E-state index is 0. The molecule has 2 aromatic rings. The molecule has 0 unspecified atom stereocenters. The summed E-state index contributed by atoms with van der Waals surface area (Å²) in [4.78, 5) is 4.20. The molecule has 1 aliphatic heterocycles. The first kappa shape index (κ1) is 17.5. The van der Waals surface area contributed by atoms with E-state index in [-0.39, 0.29) is 24.0 Å². The number of rotatable bonds is 5. The zero-order chi connectivity index (χ0) is 15.2. The number of aliphatic imine (C=N–C) groups is 1. The number of furan rings is 1. The van der Waals surface area contributed by atoms with Crippen LogP contribution in [0.15, 0.2) is 46.0 Å². The van der Waals surface area contributed by atoms with Gasteiger partial charge in [0.1, 0.15) is 5.76 Å². The van der Waals surface area contributed by atoms with Crippen LogP contribution in [0, 0.1) is 0 Å². The average Bonchev–Trinajstić information content (AvgIpc) is 3.21. The molecule has 0 fully saturated rings. The Labute approximate surface area is 152 Å². The van der Waals surface area contributed by atoms with Gasteiger partial charge in [-0.3, -0.25) is 4.99 Å². The van der Waals surface area contributed by atoms with Crippen LogP contribution in [0.5, 0.6) is 11.5 Å². The molecule has 0 atom stereocenters. The minimum absolute atomic E-state index is 0. The number of guanidine groups is 1. The van der Waals surface area contributed by atoms with Crippen molar-refractivity contribution >= 4 is 29.9 Å². The first-order chi connectivity index (χ1) is 10.8. The molecule has 1 aromatic carbocycles. The third kappa shape index (κ3) is 4.78. The molecular formula is C16H20IN3O3. The summed E-state index contributed by atoms with van der Waals surface area (Å²) in [5.74, 6) is 3.30. The van der Waals surface area contributed by atoms with E-state index in [4.69, 9.17) is 13.9 Å². The second-order valence-electron chi connectivity index (χ2n) is 4.87. The Morgan fingerprint density at radius 1 is 1.17 bits per heavy atom. The molecule has 2 N–H and O–H groups in total. The van der Waals surface area contributed by atoms with Gasteiger partial charge in [-0.25, -0.2) is 0 Å².